The van der Waals surface area contributed by atoms with Crippen molar-refractivity contribution >= 4 is 5.65 Å². The third-order valence-electron chi connectivity index (χ3n) is 5.81. The molecule has 1 aliphatic heterocycles. The molecule has 0 bridgehead atoms. The quantitative estimate of drug-likeness (QED) is 0.564. The summed E-state index contributed by atoms with van der Waals surface area (Å²) in [5.41, 5.74) is 6.63. The van der Waals surface area contributed by atoms with E-state index in [1.807, 2.05) is 50.4 Å². The van der Waals surface area contributed by atoms with E-state index in [9.17, 15) is 5.11 Å². The van der Waals surface area contributed by atoms with E-state index in [-0.39, 0.29) is 5.75 Å². The summed E-state index contributed by atoms with van der Waals surface area (Å²) >= 11 is 0. The molecule has 3 aromatic heterocycles. The maximum absolute atomic E-state index is 10.7. The fourth-order valence-electron chi connectivity index (χ4n) is 4.11. The Kier molecular flexibility index (Phi) is 4.47. The van der Waals surface area contributed by atoms with Crippen molar-refractivity contribution in [1.29, 1.82) is 0 Å². The lowest BCUT2D eigenvalue weighted by atomic mass is 9.95. The highest BCUT2D eigenvalue weighted by molar-refractivity contribution is 5.84. The summed E-state index contributed by atoms with van der Waals surface area (Å²) in [5, 5.41) is 24.3. The first-order valence-corrected chi connectivity index (χ1v) is 10.3. The van der Waals surface area contributed by atoms with Crippen molar-refractivity contribution in [1.82, 2.24) is 29.7 Å². The molecule has 1 aliphatic rings. The molecule has 0 spiro atoms. The van der Waals surface area contributed by atoms with Crippen LogP contribution in [0.2, 0.25) is 0 Å². The van der Waals surface area contributed by atoms with Gasteiger partial charge in [0.05, 0.1) is 34.5 Å². The number of aromatic hydroxyl groups is 1. The van der Waals surface area contributed by atoms with Gasteiger partial charge in [-0.05, 0) is 50.2 Å². The van der Waals surface area contributed by atoms with Crippen LogP contribution in [0.1, 0.15) is 29.8 Å². The monoisotopic (exact) mass is 400 g/mol. The highest BCUT2D eigenvalue weighted by atomic mass is 16.3. The molecule has 0 aliphatic carbocycles. The molecule has 152 valence electrons. The molecule has 7 nitrogen and oxygen atoms in total. The largest absolute Gasteiger partial charge is 0.507 e. The fourth-order valence-corrected chi connectivity index (χ4v) is 4.11. The predicted octanol–water partition coefficient (Wildman–Crippen LogP) is 3.59. The minimum Gasteiger partial charge on any atom is -0.507 e. The van der Waals surface area contributed by atoms with Crippen LogP contribution >= 0.6 is 0 Å². The number of fused-ring (bicyclic) bond motifs is 1. The molecule has 30 heavy (non-hydrogen) atoms. The van der Waals surface area contributed by atoms with Gasteiger partial charge < -0.3 is 10.0 Å². The minimum absolute atomic E-state index is 0.164. The number of hydrogen-bond acceptors (Lipinski definition) is 6. The lowest BCUT2D eigenvalue weighted by molar-refractivity contribution is 0.154. The Morgan fingerprint density at radius 1 is 1.07 bits per heavy atom. The third kappa shape index (κ3) is 3.11. The normalized spacial score (nSPS) is 14.9. The van der Waals surface area contributed by atoms with E-state index in [2.05, 4.69) is 27.0 Å². The Labute approximate surface area is 175 Å². The van der Waals surface area contributed by atoms with Crippen LogP contribution in [0.15, 0.2) is 42.6 Å². The molecular weight excluding hydrogens is 376 g/mol. The van der Waals surface area contributed by atoms with E-state index in [4.69, 9.17) is 5.10 Å². The Morgan fingerprint density at radius 2 is 1.90 bits per heavy atom. The molecule has 0 saturated carbocycles. The zero-order valence-corrected chi connectivity index (χ0v) is 17.4. The van der Waals surface area contributed by atoms with Crippen molar-refractivity contribution < 1.29 is 5.11 Å². The Hall–Kier alpha value is -3.32. The molecule has 4 heterocycles. The summed E-state index contributed by atoms with van der Waals surface area (Å²) in [7, 11) is 0. The van der Waals surface area contributed by atoms with E-state index in [0.717, 1.165) is 53.5 Å². The van der Waals surface area contributed by atoms with Gasteiger partial charge in [0.25, 0.3) is 0 Å². The van der Waals surface area contributed by atoms with Crippen molar-refractivity contribution in [3.05, 3.63) is 59.5 Å². The van der Waals surface area contributed by atoms with Crippen molar-refractivity contribution in [2.75, 3.05) is 19.6 Å². The maximum atomic E-state index is 10.7. The van der Waals surface area contributed by atoms with Gasteiger partial charge in [0.15, 0.2) is 5.65 Å². The number of phenols is 1. The predicted molar refractivity (Wildman–Crippen MR) is 115 cm³/mol. The molecule has 7 heteroatoms. The number of rotatable bonds is 4. The number of likely N-dealkylation sites (N-methyl/N-ethyl adjacent to an activating group) is 1. The molecule has 1 N–H and O–H groups in total. The van der Waals surface area contributed by atoms with Gasteiger partial charge in [-0.3, -0.25) is 0 Å². The number of aromatic nitrogens is 5. The van der Waals surface area contributed by atoms with Crippen molar-refractivity contribution in [3.8, 4) is 28.3 Å². The highest BCUT2D eigenvalue weighted by Gasteiger charge is 2.28. The number of nitrogens with zero attached hydrogens (tertiary/aromatic N) is 6. The van der Waals surface area contributed by atoms with E-state index >= 15 is 0 Å². The second-order valence-corrected chi connectivity index (χ2v) is 7.96. The molecule has 0 radical (unpaired) electrons. The van der Waals surface area contributed by atoms with Crippen molar-refractivity contribution in [3.63, 3.8) is 0 Å². The average Bonchev–Trinajstić information content (AvgIpc) is 3.08. The smallest absolute Gasteiger partial charge is 0.156 e. The lowest BCUT2D eigenvalue weighted by Gasteiger charge is -2.37. The third-order valence-corrected chi connectivity index (χ3v) is 5.81. The lowest BCUT2D eigenvalue weighted by Crippen LogP contribution is -2.44. The molecule has 1 fully saturated rings. The second-order valence-electron chi connectivity index (χ2n) is 7.96. The summed E-state index contributed by atoms with van der Waals surface area (Å²) in [6.45, 7) is 9.26. The first kappa shape index (κ1) is 18.7. The molecule has 5 rings (SSSR count). The van der Waals surface area contributed by atoms with Crippen molar-refractivity contribution in [2.24, 2.45) is 0 Å². The second kappa shape index (κ2) is 7.18. The van der Waals surface area contributed by atoms with Gasteiger partial charge in [-0.15, -0.1) is 0 Å². The number of hydrogen-bond donors (Lipinski definition) is 1. The summed E-state index contributed by atoms with van der Waals surface area (Å²) in [5.74, 6) is 0.600. The van der Waals surface area contributed by atoms with E-state index in [1.165, 1.54) is 0 Å². The maximum Gasteiger partial charge on any atom is 0.156 e. The van der Waals surface area contributed by atoms with Crippen LogP contribution < -0.4 is 0 Å². The van der Waals surface area contributed by atoms with E-state index in [0.29, 0.717) is 17.2 Å². The standard InChI is InChI=1S/C23H24N6O/c1-4-28-12-16(13-28)18-8-9-19(26-25-18)22-17(6-5-7-21(22)30)20-10-14(2)23-24-15(3)11-29(23)27-20/h5-11,16,30H,4,12-13H2,1-3H3. The fraction of sp³-hybridized carbons (Fsp3) is 0.304. The van der Waals surface area contributed by atoms with Gasteiger partial charge >= 0.3 is 0 Å². The number of imidazole rings is 1. The average molecular weight is 400 g/mol. The van der Waals surface area contributed by atoms with E-state index < -0.39 is 0 Å². The molecule has 4 aromatic rings. The summed E-state index contributed by atoms with van der Waals surface area (Å²) in [6, 6.07) is 11.4. The number of phenolic OH excluding ortho intramolecular Hbond substituents is 1. The van der Waals surface area contributed by atoms with Crippen LogP contribution in [0.3, 0.4) is 0 Å². The molecule has 0 atom stereocenters. The van der Waals surface area contributed by atoms with Gasteiger partial charge in [-0.2, -0.15) is 15.3 Å². The molecule has 0 amide bonds. The van der Waals surface area contributed by atoms with Crippen LogP contribution in [0.5, 0.6) is 5.75 Å². The van der Waals surface area contributed by atoms with Crippen LogP contribution in [0.4, 0.5) is 0 Å². The van der Waals surface area contributed by atoms with Gasteiger partial charge in [-0.1, -0.05) is 19.1 Å². The number of aryl methyl sites for hydroxylation is 2. The molecular formula is C23H24N6O. The van der Waals surface area contributed by atoms with E-state index in [1.54, 1.807) is 10.6 Å². The summed E-state index contributed by atoms with van der Waals surface area (Å²) in [6.07, 6.45) is 1.90. The first-order chi connectivity index (χ1) is 14.5. The van der Waals surface area contributed by atoms with Gasteiger partial charge in [0.1, 0.15) is 5.75 Å². The van der Waals surface area contributed by atoms with Crippen LogP contribution in [0, 0.1) is 13.8 Å². The van der Waals surface area contributed by atoms with Gasteiger partial charge in [0.2, 0.25) is 0 Å². The zero-order valence-electron chi connectivity index (χ0n) is 17.4. The van der Waals surface area contributed by atoms with Crippen molar-refractivity contribution in [2.45, 2.75) is 26.7 Å². The summed E-state index contributed by atoms with van der Waals surface area (Å²) in [4.78, 5) is 6.90. The van der Waals surface area contributed by atoms with Gasteiger partial charge in [-0.25, -0.2) is 9.50 Å². The molecule has 0 unspecified atom stereocenters. The van der Waals surface area contributed by atoms with Crippen LogP contribution in [-0.4, -0.2) is 54.4 Å². The first-order valence-electron chi connectivity index (χ1n) is 10.3. The van der Waals surface area contributed by atoms with Crippen LogP contribution in [-0.2, 0) is 0 Å². The number of likely N-dealkylation sites (tertiary alicyclic amines) is 1. The SMILES string of the molecule is CCN1CC(c2ccc(-c3c(O)cccc3-c3cc(C)c4nc(C)cn4n3)nn2)C1. The Balaban J connectivity index is 1.56. The molecule has 1 saturated heterocycles. The zero-order chi connectivity index (χ0) is 20.8. The Bertz CT molecular complexity index is 1220. The summed E-state index contributed by atoms with van der Waals surface area (Å²) < 4.78 is 1.79. The molecule has 1 aromatic carbocycles. The Morgan fingerprint density at radius 3 is 2.63 bits per heavy atom. The highest BCUT2D eigenvalue weighted by Crippen LogP contribution is 2.37. The minimum atomic E-state index is 0.164. The number of benzene rings is 1. The van der Waals surface area contributed by atoms with Crippen LogP contribution in [0.25, 0.3) is 28.2 Å². The topological polar surface area (TPSA) is 79.4 Å². The van der Waals surface area contributed by atoms with Gasteiger partial charge in [0, 0.05) is 24.6 Å².